The normalized spacial score (nSPS) is 11.9. The zero-order valence-electron chi connectivity index (χ0n) is 12.5. The number of aromatic nitrogens is 1. The Morgan fingerprint density at radius 3 is 2.81 bits per heavy atom. The molecule has 0 aliphatic rings. The van der Waals surface area contributed by atoms with Crippen LogP contribution in [0.2, 0.25) is 0 Å². The number of thiophene rings is 1. The number of hydrogen-bond donors (Lipinski definition) is 1. The molecule has 0 spiro atoms. The Hall–Kier alpha value is -1.88. The molecule has 2 aromatic rings. The summed E-state index contributed by atoms with van der Waals surface area (Å²) in [4.78, 5) is 19.1. The molecular formula is C16H21N3OS. The minimum Gasteiger partial charge on any atom is -0.338 e. The second-order valence-corrected chi connectivity index (χ2v) is 6.32. The van der Waals surface area contributed by atoms with E-state index in [0.717, 1.165) is 12.0 Å². The van der Waals surface area contributed by atoms with Gasteiger partial charge in [0, 0.05) is 37.4 Å². The van der Waals surface area contributed by atoms with Crippen molar-refractivity contribution in [2.24, 2.45) is 5.92 Å². The zero-order chi connectivity index (χ0) is 15.1. The fraction of sp³-hybridized carbons (Fsp3) is 0.375. The highest BCUT2D eigenvalue weighted by Gasteiger charge is 2.11. The Labute approximate surface area is 129 Å². The van der Waals surface area contributed by atoms with E-state index >= 15 is 0 Å². The Balaban J connectivity index is 1.73. The van der Waals surface area contributed by atoms with Crippen molar-refractivity contribution < 1.29 is 4.79 Å². The summed E-state index contributed by atoms with van der Waals surface area (Å²) >= 11 is 1.76. The van der Waals surface area contributed by atoms with Gasteiger partial charge in [-0.05, 0) is 41.5 Å². The van der Waals surface area contributed by atoms with Gasteiger partial charge in [0.05, 0.1) is 0 Å². The summed E-state index contributed by atoms with van der Waals surface area (Å²) in [5, 5.41) is 5.08. The minimum absolute atomic E-state index is 0.0372. The molecule has 4 nitrogen and oxygen atoms in total. The van der Waals surface area contributed by atoms with Crippen molar-refractivity contribution >= 4 is 17.4 Å². The van der Waals surface area contributed by atoms with E-state index in [9.17, 15) is 4.79 Å². The SMILES string of the molecule is C[C@H](CNC(=O)N(C)Cc1ccncc1)Cc1cccs1. The van der Waals surface area contributed by atoms with Gasteiger partial charge in [0.15, 0.2) is 0 Å². The van der Waals surface area contributed by atoms with Crippen molar-refractivity contribution in [1.29, 1.82) is 0 Å². The molecule has 112 valence electrons. The first-order chi connectivity index (χ1) is 10.1. The number of urea groups is 1. The van der Waals surface area contributed by atoms with Gasteiger partial charge in [0.25, 0.3) is 0 Å². The van der Waals surface area contributed by atoms with Crippen LogP contribution < -0.4 is 5.32 Å². The molecule has 1 N–H and O–H groups in total. The van der Waals surface area contributed by atoms with Crippen LogP contribution in [0.3, 0.4) is 0 Å². The van der Waals surface area contributed by atoms with Crippen molar-refractivity contribution in [3.8, 4) is 0 Å². The smallest absolute Gasteiger partial charge is 0.317 e. The van der Waals surface area contributed by atoms with Gasteiger partial charge < -0.3 is 10.2 Å². The van der Waals surface area contributed by atoms with Crippen LogP contribution in [-0.4, -0.2) is 29.5 Å². The second kappa shape index (κ2) is 7.78. The predicted molar refractivity (Wildman–Crippen MR) is 86.3 cm³/mol. The molecule has 0 aliphatic heterocycles. The number of pyridine rings is 1. The Kier molecular flexibility index (Phi) is 5.75. The first kappa shape index (κ1) is 15.5. The summed E-state index contributed by atoms with van der Waals surface area (Å²) in [6.45, 7) is 3.44. The molecule has 0 fully saturated rings. The maximum Gasteiger partial charge on any atom is 0.317 e. The Morgan fingerprint density at radius 2 is 2.14 bits per heavy atom. The van der Waals surface area contributed by atoms with Gasteiger partial charge in [-0.3, -0.25) is 4.98 Å². The lowest BCUT2D eigenvalue weighted by molar-refractivity contribution is 0.205. The lowest BCUT2D eigenvalue weighted by Gasteiger charge is -2.19. The van der Waals surface area contributed by atoms with E-state index in [1.807, 2.05) is 12.1 Å². The van der Waals surface area contributed by atoms with Gasteiger partial charge in [-0.1, -0.05) is 13.0 Å². The highest BCUT2D eigenvalue weighted by atomic mass is 32.1. The fourth-order valence-electron chi connectivity index (χ4n) is 2.07. The monoisotopic (exact) mass is 303 g/mol. The number of nitrogens with zero attached hydrogens (tertiary/aromatic N) is 2. The van der Waals surface area contributed by atoms with Gasteiger partial charge in [-0.25, -0.2) is 4.79 Å². The molecule has 0 aliphatic carbocycles. The zero-order valence-corrected chi connectivity index (χ0v) is 13.3. The van der Waals surface area contributed by atoms with Gasteiger partial charge >= 0.3 is 6.03 Å². The van der Waals surface area contributed by atoms with Crippen molar-refractivity contribution in [3.05, 3.63) is 52.5 Å². The van der Waals surface area contributed by atoms with Crippen LogP contribution in [0.5, 0.6) is 0 Å². The largest absolute Gasteiger partial charge is 0.338 e. The van der Waals surface area contributed by atoms with E-state index < -0.39 is 0 Å². The molecule has 0 bridgehead atoms. The van der Waals surface area contributed by atoms with Crippen LogP contribution in [0.1, 0.15) is 17.4 Å². The summed E-state index contributed by atoms with van der Waals surface area (Å²) in [7, 11) is 1.81. The first-order valence-electron chi connectivity index (χ1n) is 7.05. The molecular weight excluding hydrogens is 282 g/mol. The molecule has 0 radical (unpaired) electrons. The summed E-state index contributed by atoms with van der Waals surface area (Å²) in [5.41, 5.74) is 1.08. The molecule has 2 aromatic heterocycles. The lowest BCUT2D eigenvalue weighted by Crippen LogP contribution is -2.39. The average Bonchev–Trinajstić information content (AvgIpc) is 2.98. The van der Waals surface area contributed by atoms with Gasteiger partial charge in [0.1, 0.15) is 0 Å². The highest BCUT2D eigenvalue weighted by Crippen LogP contribution is 2.13. The topological polar surface area (TPSA) is 45.2 Å². The highest BCUT2D eigenvalue weighted by molar-refractivity contribution is 7.09. The van der Waals surface area contributed by atoms with E-state index in [1.165, 1.54) is 4.88 Å². The first-order valence-corrected chi connectivity index (χ1v) is 7.93. The fourth-order valence-corrected chi connectivity index (χ4v) is 2.94. The van der Waals surface area contributed by atoms with Crippen LogP contribution >= 0.6 is 11.3 Å². The van der Waals surface area contributed by atoms with Gasteiger partial charge in [-0.2, -0.15) is 0 Å². The number of rotatable bonds is 6. The molecule has 1 atom stereocenters. The van der Waals surface area contributed by atoms with E-state index in [4.69, 9.17) is 0 Å². The van der Waals surface area contributed by atoms with Crippen LogP contribution in [0.25, 0.3) is 0 Å². The number of nitrogens with one attached hydrogen (secondary N) is 1. The number of carbonyl (C=O) groups is 1. The minimum atomic E-state index is -0.0372. The van der Waals surface area contributed by atoms with Crippen molar-refractivity contribution in [2.75, 3.05) is 13.6 Å². The second-order valence-electron chi connectivity index (χ2n) is 5.29. The molecule has 0 aromatic carbocycles. The standard InChI is InChI=1S/C16H21N3OS/c1-13(10-15-4-3-9-21-15)11-18-16(20)19(2)12-14-5-7-17-8-6-14/h3-9,13H,10-12H2,1-2H3,(H,18,20)/t13-/m0/s1. The van der Waals surface area contributed by atoms with Crippen molar-refractivity contribution in [2.45, 2.75) is 19.9 Å². The average molecular weight is 303 g/mol. The molecule has 0 saturated heterocycles. The Morgan fingerprint density at radius 1 is 1.38 bits per heavy atom. The molecule has 5 heteroatoms. The van der Waals surface area contributed by atoms with Gasteiger partial charge in [-0.15, -0.1) is 11.3 Å². The Bertz CT molecular complexity index is 542. The van der Waals surface area contributed by atoms with Crippen LogP contribution in [-0.2, 0) is 13.0 Å². The third kappa shape index (κ3) is 5.19. The summed E-state index contributed by atoms with van der Waals surface area (Å²) in [6.07, 6.45) is 4.49. The maximum absolute atomic E-state index is 12.1. The van der Waals surface area contributed by atoms with E-state index in [2.05, 4.69) is 34.7 Å². The summed E-state index contributed by atoms with van der Waals surface area (Å²) in [6, 6.07) is 8.00. The van der Waals surface area contributed by atoms with Crippen LogP contribution in [0.4, 0.5) is 4.79 Å². The molecule has 2 heterocycles. The summed E-state index contributed by atoms with van der Waals surface area (Å²) in [5.74, 6) is 0.432. The van der Waals surface area contributed by atoms with E-state index in [0.29, 0.717) is 19.0 Å². The van der Waals surface area contributed by atoms with Crippen LogP contribution in [0, 0.1) is 5.92 Å². The van der Waals surface area contributed by atoms with Crippen molar-refractivity contribution in [1.82, 2.24) is 15.2 Å². The third-order valence-corrected chi connectivity index (χ3v) is 4.15. The third-order valence-electron chi connectivity index (χ3n) is 3.25. The lowest BCUT2D eigenvalue weighted by atomic mass is 10.1. The van der Waals surface area contributed by atoms with Crippen LogP contribution in [0.15, 0.2) is 42.0 Å². The molecule has 21 heavy (non-hydrogen) atoms. The predicted octanol–water partition coefficient (Wildman–Crippen LogP) is 3.16. The molecule has 2 rings (SSSR count). The number of carbonyl (C=O) groups excluding carboxylic acids is 1. The maximum atomic E-state index is 12.1. The number of hydrogen-bond acceptors (Lipinski definition) is 3. The summed E-state index contributed by atoms with van der Waals surface area (Å²) < 4.78 is 0. The molecule has 0 unspecified atom stereocenters. The van der Waals surface area contributed by atoms with Crippen molar-refractivity contribution in [3.63, 3.8) is 0 Å². The molecule has 0 saturated carbocycles. The van der Waals surface area contributed by atoms with E-state index in [1.54, 1.807) is 35.7 Å². The number of amides is 2. The van der Waals surface area contributed by atoms with Gasteiger partial charge in [0.2, 0.25) is 0 Å². The molecule has 2 amide bonds. The quantitative estimate of drug-likeness (QED) is 0.891. The van der Waals surface area contributed by atoms with E-state index in [-0.39, 0.29) is 6.03 Å².